The molecule has 0 amide bonds. The van der Waals surface area contributed by atoms with Crippen molar-refractivity contribution in [2.75, 3.05) is 0 Å². The van der Waals surface area contributed by atoms with Gasteiger partial charge < -0.3 is 4.98 Å². The fraction of sp³-hybridized carbons (Fsp3) is 0.0833. The molecular weight excluding hydrogens is 188 g/mol. The molecule has 0 spiro atoms. The lowest BCUT2D eigenvalue weighted by Gasteiger charge is -2.00. The number of H-pyrrole nitrogens is 1. The van der Waals surface area contributed by atoms with Crippen molar-refractivity contribution in [3.63, 3.8) is 0 Å². The first-order valence-electron chi connectivity index (χ1n) is 4.86. The molecule has 74 valence electrons. The molecule has 2 aromatic heterocycles. The lowest BCUT2D eigenvalue weighted by atomic mass is 10.1. The monoisotopic (exact) mass is 198 g/mol. The van der Waals surface area contributed by atoms with Crippen LogP contribution < -0.4 is 5.69 Å². The van der Waals surface area contributed by atoms with E-state index in [1.807, 2.05) is 43.5 Å². The van der Waals surface area contributed by atoms with Crippen molar-refractivity contribution in [1.29, 1.82) is 0 Å². The van der Waals surface area contributed by atoms with Gasteiger partial charge in [0, 0.05) is 17.3 Å². The third-order valence-electron chi connectivity index (χ3n) is 2.73. The molecule has 3 aromatic rings. The van der Waals surface area contributed by atoms with Gasteiger partial charge in [0.1, 0.15) is 0 Å². The third kappa shape index (κ3) is 1.03. The molecule has 2 heterocycles. The zero-order chi connectivity index (χ0) is 10.4. The van der Waals surface area contributed by atoms with E-state index in [1.165, 1.54) is 0 Å². The molecule has 3 nitrogen and oxygen atoms in total. The number of nitrogens with zero attached hydrogens (tertiary/aromatic N) is 1. The summed E-state index contributed by atoms with van der Waals surface area (Å²) in [4.78, 5) is 14.4. The van der Waals surface area contributed by atoms with Crippen LogP contribution in [0.2, 0.25) is 0 Å². The molecule has 0 aliphatic rings. The Labute approximate surface area is 86.0 Å². The highest BCUT2D eigenvalue weighted by molar-refractivity contribution is 5.96. The van der Waals surface area contributed by atoms with Gasteiger partial charge in [0.15, 0.2) is 0 Å². The summed E-state index contributed by atoms with van der Waals surface area (Å²) in [6.45, 7) is 1.92. The van der Waals surface area contributed by atoms with Crippen LogP contribution in [-0.2, 0) is 0 Å². The zero-order valence-corrected chi connectivity index (χ0v) is 8.32. The highest BCUT2D eigenvalue weighted by Crippen LogP contribution is 2.20. The molecule has 1 N–H and O–H groups in total. The molecular formula is C12H10N2O. The Morgan fingerprint density at radius 3 is 2.87 bits per heavy atom. The second-order valence-corrected chi connectivity index (χ2v) is 3.68. The predicted molar refractivity (Wildman–Crippen MR) is 60.3 cm³/mol. The summed E-state index contributed by atoms with van der Waals surface area (Å²) in [5.41, 5.74) is 1.81. The molecule has 15 heavy (non-hydrogen) atoms. The van der Waals surface area contributed by atoms with E-state index in [0.29, 0.717) is 0 Å². The van der Waals surface area contributed by atoms with E-state index in [4.69, 9.17) is 0 Å². The average Bonchev–Trinajstić information content (AvgIpc) is 2.55. The van der Waals surface area contributed by atoms with Crippen LogP contribution in [0.25, 0.3) is 16.3 Å². The molecule has 1 aromatic carbocycles. The number of aromatic nitrogens is 2. The highest BCUT2D eigenvalue weighted by atomic mass is 16.1. The number of hydrogen-bond acceptors (Lipinski definition) is 1. The molecule has 0 aliphatic heterocycles. The van der Waals surface area contributed by atoms with Crippen LogP contribution in [0.3, 0.4) is 0 Å². The largest absolute Gasteiger partial charge is 0.330 e. The standard InChI is InChI=1S/C12H10N2O/c1-8-11-10-5-3-2-4-9(10)6-7-14(11)12(15)13-8/h2-7H,1H3,(H,13,15). The van der Waals surface area contributed by atoms with E-state index in [1.54, 1.807) is 4.40 Å². The molecule has 0 saturated heterocycles. The van der Waals surface area contributed by atoms with Gasteiger partial charge in [-0.05, 0) is 18.4 Å². The Balaban J connectivity index is 2.70. The lowest BCUT2D eigenvalue weighted by Crippen LogP contribution is -2.08. The van der Waals surface area contributed by atoms with Gasteiger partial charge in [0.25, 0.3) is 0 Å². The number of hydrogen-bond donors (Lipinski definition) is 1. The maximum absolute atomic E-state index is 11.6. The molecule has 0 aliphatic carbocycles. The van der Waals surface area contributed by atoms with Crippen LogP contribution in [0.5, 0.6) is 0 Å². The van der Waals surface area contributed by atoms with Gasteiger partial charge in [0.2, 0.25) is 0 Å². The predicted octanol–water partition coefficient (Wildman–Crippen LogP) is 2.09. The summed E-state index contributed by atoms with van der Waals surface area (Å²) in [5, 5.41) is 2.26. The maximum Gasteiger partial charge on any atom is 0.330 e. The van der Waals surface area contributed by atoms with Crippen molar-refractivity contribution in [1.82, 2.24) is 9.38 Å². The Kier molecular flexibility index (Phi) is 1.51. The summed E-state index contributed by atoms with van der Waals surface area (Å²) >= 11 is 0. The molecule has 0 fully saturated rings. The van der Waals surface area contributed by atoms with Crippen LogP contribution in [0, 0.1) is 6.92 Å². The Morgan fingerprint density at radius 2 is 2.00 bits per heavy atom. The van der Waals surface area contributed by atoms with Crippen LogP contribution >= 0.6 is 0 Å². The number of benzene rings is 1. The van der Waals surface area contributed by atoms with E-state index >= 15 is 0 Å². The minimum Gasteiger partial charge on any atom is -0.309 e. The molecule has 0 bridgehead atoms. The summed E-state index contributed by atoms with van der Waals surface area (Å²) in [6.07, 6.45) is 1.81. The van der Waals surface area contributed by atoms with Crippen molar-refractivity contribution >= 4 is 16.3 Å². The minimum atomic E-state index is -0.0757. The first kappa shape index (κ1) is 8.29. The average molecular weight is 198 g/mol. The van der Waals surface area contributed by atoms with Crippen LogP contribution in [0.1, 0.15) is 5.69 Å². The van der Waals surface area contributed by atoms with Crippen molar-refractivity contribution in [2.24, 2.45) is 0 Å². The van der Waals surface area contributed by atoms with Gasteiger partial charge in [-0.15, -0.1) is 0 Å². The number of aryl methyl sites for hydroxylation is 1. The first-order chi connectivity index (χ1) is 7.27. The van der Waals surface area contributed by atoms with Gasteiger partial charge in [-0.25, -0.2) is 4.79 Å². The lowest BCUT2D eigenvalue weighted by molar-refractivity contribution is 1.06. The Morgan fingerprint density at radius 1 is 1.20 bits per heavy atom. The van der Waals surface area contributed by atoms with Gasteiger partial charge >= 0.3 is 5.69 Å². The Bertz CT molecular complexity index is 706. The summed E-state index contributed by atoms with van der Waals surface area (Å²) in [5.74, 6) is 0. The molecule has 0 radical (unpaired) electrons. The number of aromatic amines is 1. The van der Waals surface area contributed by atoms with E-state index in [-0.39, 0.29) is 5.69 Å². The number of nitrogens with one attached hydrogen (secondary N) is 1. The van der Waals surface area contributed by atoms with Gasteiger partial charge in [0.05, 0.1) is 5.52 Å². The fourth-order valence-corrected chi connectivity index (χ4v) is 2.05. The summed E-state index contributed by atoms with van der Waals surface area (Å²) < 4.78 is 1.65. The van der Waals surface area contributed by atoms with Crippen molar-refractivity contribution in [3.8, 4) is 0 Å². The molecule has 3 rings (SSSR count). The molecule has 0 saturated carbocycles. The number of rotatable bonds is 0. The normalized spacial score (nSPS) is 11.3. The SMILES string of the molecule is Cc1[nH]c(=O)n2ccc3ccccc3c12. The molecule has 0 atom stereocenters. The van der Waals surface area contributed by atoms with E-state index < -0.39 is 0 Å². The van der Waals surface area contributed by atoms with Gasteiger partial charge in [-0.2, -0.15) is 0 Å². The fourth-order valence-electron chi connectivity index (χ4n) is 2.05. The van der Waals surface area contributed by atoms with Crippen LogP contribution in [-0.4, -0.2) is 9.38 Å². The van der Waals surface area contributed by atoms with Crippen molar-refractivity contribution in [3.05, 3.63) is 52.7 Å². The number of fused-ring (bicyclic) bond motifs is 3. The molecule has 3 heteroatoms. The minimum absolute atomic E-state index is 0.0757. The van der Waals surface area contributed by atoms with E-state index in [2.05, 4.69) is 4.98 Å². The van der Waals surface area contributed by atoms with Gasteiger partial charge in [-0.3, -0.25) is 4.40 Å². The smallest absolute Gasteiger partial charge is 0.309 e. The van der Waals surface area contributed by atoms with Crippen molar-refractivity contribution in [2.45, 2.75) is 6.92 Å². The zero-order valence-electron chi connectivity index (χ0n) is 8.32. The van der Waals surface area contributed by atoms with E-state index in [9.17, 15) is 4.79 Å². The second kappa shape index (κ2) is 2.73. The quantitative estimate of drug-likeness (QED) is 0.590. The summed E-state index contributed by atoms with van der Waals surface area (Å²) in [7, 11) is 0. The highest BCUT2D eigenvalue weighted by Gasteiger charge is 2.06. The molecule has 0 unspecified atom stereocenters. The number of pyridine rings is 1. The van der Waals surface area contributed by atoms with E-state index in [0.717, 1.165) is 22.0 Å². The van der Waals surface area contributed by atoms with Crippen LogP contribution in [0.15, 0.2) is 41.3 Å². The Hall–Kier alpha value is -2.03. The second-order valence-electron chi connectivity index (χ2n) is 3.68. The maximum atomic E-state index is 11.6. The summed E-state index contributed by atoms with van der Waals surface area (Å²) in [6, 6.07) is 10.0. The van der Waals surface area contributed by atoms with Gasteiger partial charge in [-0.1, -0.05) is 24.3 Å². The topological polar surface area (TPSA) is 37.3 Å². The number of imidazole rings is 1. The van der Waals surface area contributed by atoms with Crippen LogP contribution in [0.4, 0.5) is 0 Å². The third-order valence-corrected chi connectivity index (χ3v) is 2.73. The van der Waals surface area contributed by atoms with Crippen molar-refractivity contribution < 1.29 is 0 Å². The first-order valence-corrected chi connectivity index (χ1v) is 4.86.